The van der Waals surface area contributed by atoms with Crippen LogP contribution in [0.1, 0.15) is 26.7 Å². The minimum Gasteiger partial charge on any atom is -0.481 e. The van der Waals surface area contributed by atoms with Gasteiger partial charge in [-0.2, -0.15) is 0 Å². The van der Waals surface area contributed by atoms with Crippen molar-refractivity contribution in [1.29, 1.82) is 0 Å². The van der Waals surface area contributed by atoms with Gasteiger partial charge in [-0.05, 0) is 24.8 Å². The number of carbonyl (C=O) groups is 3. The first kappa shape index (κ1) is 16.4. The van der Waals surface area contributed by atoms with Crippen molar-refractivity contribution in [1.82, 2.24) is 15.5 Å². The number of aliphatic carboxylic acids is 1. The van der Waals surface area contributed by atoms with Crippen LogP contribution in [0.15, 0.2) is 0 Å². The normalized spacial score (nSPS) is 19.1. The predicted octanol–water partition coefficient (Wildman–Crippen LogP) is 0.265. The van der Waals surface area contributed by atoms with Crippen molar-refractivity contribution in [2.45, 2.75) is 26.7 Å². The van der Waals surface area contributed by atoms with Crippen molar-refractivity contribution in [3.63, 3.8) is 0 Å². The summed E-state index contributed by atoms with van der Waals surface area (Å²) in [6, 6.07) is -0.481. The summed E-state index contributed by atoms with van der Waals surface area (Å²) >= 11 is 0. The molecular formula is C13H23N3O4. The maximum Gasteiger partial charge on any atom is 0.321 e. The average Bonchev–Trinajstić information content (AvgIpc) is 2.72. The summed E-state index contributed by atoms with van der Waals surface area (Å²) in [4.78, 5) is 35.5. The molecule has 0 aliphatic carbocycles. The lowest BCUT2D eigenvalue weighted by molar-refractivity contribution is -0.138. The van der Waals surface area contributed by atoms with Crippen LogP contribution in [0.4, 0.5) is 4.79 Å². The molecule has 0 saturated carbocycles. The van der Waals surface area contributed by atoms with Crippen molar-refractivity contribution >= 4 is 17.9 Å². The van der Waals surface area contributed by atoms with Gasteiger partial charge in [0.1, 0.15) is 0 Å². The number of urea groups is 1. The summed E-state index contributed by atoms with van der Waals surface area (Å²) in [6.07, 6.45) is 0.909. The zero-order valence-electron chi connectivity index (χ0n) is 12.0. The lowest BCUT2D eigenvalue weighted by atomic mass is 10.1. The highest BCUT2D eigenvalue weighted by atomic mass is 16.4. The number of hydrogen-bond acceptors (Lipinski definition) is 4. The molecule has 0 aromatic rings. The molecule has 7 heteroatoms. The molecule has 0 bridgehead atoms. The Morgan fingerprint density at radius 3 is 2.65 bits per heavy atom. The average molecular weight is 285 g/mol. The molecule has 20 heavy (non-hydrogen) atoms. The van der Waals surface area contributed by atoms with E-state index in [2.05, 4.69) is 10.6 Å². The summed E-state index contributed by atoms with van der Waals surface area (Å²) in [7, 11) is 0. The number of hydrogen-bond donors (Lipinski definition) is 3. The van der Waals surface area contributed by atoms with E-state index in [-0.39, 0.29) is 24.8 Å². The first-order chi connectivity index (χ1) is 9.36. The van der Waals surface area contributed by atoms with Crippen molar-refractivity contribution in [2.75, 3.05) is 26.2 Å². The van der Waals surface area contributed by atoms with Crippen molar-refractivity contribution in [3.8, 4) is 0 Å². The monoisotopic (exact) mass is 285 g/mol. The van der Waals surface area contributed by atoms with E-state index in [9.17, 15) is 14.4 Å². The third-order valence-corrected chi connectivity index (χ3v) is 3.12. The third kappa shape index (κ3) is 6.51. The van der Waals surface area contributed by atoms with Gasteiger partial charge in [0.25, 0.3) is 0 Å². The fourth-order valence-electron chi connectivity index (χ4n) is 2.18. The van der Waals surface area contributed by atoms with E-state index in [0.717, 1.165) is 6.42 Å². The van der Waals surface area contributed by atoms with Crippen LogP contribution in [0.3, 0.4) is 0 Å². The number of nitrogens with zero attached hydrogens (tertiary/aromatic N) is 1. The van der Waals surface area contributed by atoms with E-state index in [1.807, 2.05) is 18.7 Å². The molecule has 1 fully saturated rings. The van der Waals surface area contributed by atoms with Crippen LogP contribution in [0.25, 0.3) is 0 Å². The van der Waals surface area contributed by atoms with Crippen LogP contribution in [0.5, 0.6) is 0 Å². The highest BCUT2D eigenvalue weighted by Gasteiger charge is 2.26. The summed E-state index contributed by atoms with van der Waals surface area (Å²) < 4.78 is 0. The molecule has 7 nitrogen and oxygen atoms in total. The molecule has 0 spiro atoms. The number of likely N-dealkylation sites (tertiary alicyclic amines) is 1. The molecule has 3 amide bonds. The van der Waals surface area contributed by atoms with Crippen molar-refractivity contribution < 1.29 is 19.5 Å². The second-order valence-electron chi connectivity index (χ2n) is 5.64. The van der Waals surface area contributed by atoms with Crippen LogP contribution >= 0.6 is 0 Å². The highest BCUT2D eigenvalue weighted by Crippen LogP contribution is 2.18. The van der Waals surface area contributed by atoms with Gasteiger partial charge in [0.15, 0.2) is 0 Å². The molecule has 1 aliphatic rings. The van der Waals surface area contributed by atoms with Crippen molar-refractivity contribution in [3.05, 3.63) is 0 Å². The number of amides is 3. The Kier molecular flexibility index (Phi) is 6.44. The van der Waals surface area contributed by atoms with E-state index in [0.29, 0.717) is 25.6 Å². The van der Waals surface area contributed by atoms with Gasteiger partial charge in [-0.1, -0.05) is 13.8 Å². The summed E-state index contributed by atoms with van der Waals surface area (Å²) in [5.41, 5.74) is 0. The zero-order valence-corrected chi connectivity index (χ0v) is 12.0. The molecular weight excluding hydrogens is 262 g/mol. The SMILES string of the molecule is CC(C)CNC(=O)NC(=O)CN1CCC(CC(=O)O)C1. The van der Waals surface area contributed by atoms with Crippen LogP contribution in [0, 0.1) is 11.8 Å². The predicted molar refractivity (Wildman–Crippen MR) is 73.2 cm³/mol. The fourth-order valence-corrected chi connectivity index (χ4v) is 2.18. The molecule has 3 N–H and O–H groups in total. The quantitative estimate of drug-likeness (QED) is 0.650. The minimum atomic E-state index is -0.811. The summed E-state index contributed by atoms with van der Waals surface area (Å²) in [6.45, 7) is 5.87. The maximum atomic E-state index is 11.7. The van der Waals surface area contributed by atoms with E-state index in [1.165, 1.54) is 0 Å². The Labute approximate surface area is 118 Å². The van der Waals surface area contributed by atoms with Crippen LogP contribution in [-0.2, 0) is 9.59 Å². The first-order valence-corrected chi connectivity index (χ1v) is 6.88. The summed E-state index contributed by atoms with van der Waals surface area (Å²) in [5.74, 6) is -0.752. The molecule has 1 atom stereocenters. The van der Waals surface area contributed by atoms with Crippen LogP contribution < -0.4 is 10.6 Å². The summed E-state index contributed by atoms with van der Waals surface area (Å²) in [5, 5.41) is 13.6. The number of carboxylic acids is 1. The lowest BCUT2D eigenvalue weighted by Crippen LogP contribution is -2.45. The number of rotatable bonds is 6. The van der Waals surface area contributed by atoms with E-state index < -0.39 is 12.0 Å². The minimum absolute atomic E-state index is 0.0927. The Morgan fingerprint density at radius 2 is 2.05 bits per heavy atom. The molecule has 0 radical (unpaired) electrons. The van der Waals surface area contributed by atoms with Gasteiger partial charge in [0.2, 0.25) is 5.91 Å². The lowest BCUT2D eigenvalue weighted by Gasteiger charge is -2.15. The molecule has 1 heterocycles. The Bertz CT molecular complexity index is 371. The largest absolute Gasteiger partial charge is 0.481 e. The second-order valence-corrected chi connectivity index (χ2v) is 5.64. The van der Waals surface area contributed by atoms with Gasteiger partial charge in [0.05, 0.1) is 6.54 Å². The molecule has 0 aromatic heterocycles. The van der Waals surface area contributed by atoms with Crippen molar-refractivity contribution in [2.24, 2.45) is 11.8 Å². The van der Waals surface area contributed by atoms with E-state index >= 15 is 0 Å². The number of carbonyl (C=O) groups excluding carboxylic acids is 2. The first-order valence-electron chi connectivity index (χ1n) is 6.88. The smallest absolute Gasteiger partial charge is 0.321 e. The van der Waals surface area contributed by atoms with E-state index in [1.54, 1.807) is 0 Å². The standard InChI is InChI=1S/C13H23N3O4/c1-9(2)6-14-13(20)15-11(17)8-16-4-3-10(7-16)5-12(18)19/h9-10H,3-8H2,1-2H3,(H,18,19)(H2,14,15,17,20). The van der Waals surface area contributed by atoms with Gasteiger partial charge in [-0.15, -0.1) is 0 Å². The third-order valence-electron chi connectivity index (χ3n) is 3.12. The van der Waals surface area contributed by atoms with E-state index in [4.69, 9.17) is 5.11 Å². The number of imide groups is 1. The zero-order chi connectivity index (χ0) is 15.1. The van der Waals surface area contributed by atoms with Gasteiger partial charge >= 0.3 is 12.0 Å². The topological polar surface area (TPSA) is 98.7 Å². The second kappa shape index (κ2) is 7.84. The Morgan fingerprint density at radius 1 is 1.35 bits per heavy atom. The van der Waals surface area contributed by atoms with Gasteiger partial charge in [0, 0.05) is 19.5 Å². The molecule has 1 aliphatic heterocycles. The molecule has 1 saturated heterocycles. The Hall–Kier alpha value is -1.63. The van der Waals surface area contributed by atoms with Gasteiger partial charge in [-0.25, -0.2) is 4.79 Å². The highest BCUT2D eigenvalue weighted by molar-refractivity contribution is 5.95. The fraction of sp³-hybridized carbons (Fsp3) is 0.769. The molecule has 0 aromatic carbocycles. The van der Waals surface area contributed by atoms with Crippen LogP contribution in [-0.4, -0.2) is 54.1 Å². The molecule has 1 unspecified atom stereocenters. The van der Waals surface area contributed by atoms with Crippen LogP contribution in [0.2, 0.25) is 0 Å². The maximum absolute atomic E-state index is 11.7. The molecule has 1 rings (SSSR count). The number of nitrogens with one attached hydrogen (secondary N) is 2. The Balaban J connectivity index is 2.23. The van der Waals surface area contributed by atoms with Gasteiger partial charge in [-0.3, -0.25) is 19.8 Å². The number of carboxylic acid groups (broad SMARTS) is 1. The molecule has 114 valence electrons. The van der Waals surface area contributed by atoms with Gasteiger partial charge < -0.3 is 10.4 Å².